The minimum Gasteiger partial charge on any atom is -0.490 e. The number of hydrogen-bond acceptors (Lipinski definition) is 4. The fraction of sp³-hybridized carbons (Fsp3) is 0.111. The topological polar surface area (TPSA) is 59.9 Å². The van der Waals surface area contributed by atoms with E-state index in [1.54, 1.807) is 12.3 Å². The zero-order valence-corrected chi connectivity index (χ0v) is 21.3. The standard InChI is InChI=1S/C27H22ClIN2O3/c1-2-33-25-14-18(13-24(29)26(25)34-17-22-9-5-6-10-23(22)28)16-30-31-27(32)21-12-11-19-7-3-4-8-20(19)15-21/h3-16H,2,17H2,1H3,(H,31,32)/b30-16-. The molecule has 5 nitrogen and oxygen atoms in total. The molecule has 0 saturated carbocycles. The number of benzene rings is 4. The molecule has 4 aromatic carbocycles. The summed E-state index contributed by atoms with van der Waals surface area (Å²) in [5.74, 6) is 0.963. The van der Waals surface area contributed by atoms with Gasteiger partial charge in [-0.1, -0.05) is 60.1 Å². The summed E-state index contributed by atoms with van der Waals surface area (Å²) in [5.41, 5.74) is 4.80. The molecular formula is C27H22ClIN2O3. The molecule has 0 heterocycles. The van der Waals surface area contributed by atoms with E-state index >= 15 is 0 Å². The lowest BCUT2D eigenvalue weighted by Gasteiger charge is -2.15. The number of fused-ring (bicyclic) bond motifs is 1. The summed E-state index contributed by atoms with van der Waals surface area (Å²) in [6, 6.07) is 24.8. The Labute approximate surface area is 216 Å². The van der Waals surface area contributed by atoms with Crippen molar-refractivity contribution in [1.29, 1.82) is 0 Å². The summed E-state index contributed by atoms with van der Waals surface area (Å²) < 4.78 is 12.7. The third kappa shape index (κ3) is 5.87. The third-order valence-electron chi connectivity index (χ3n) is 5.05. The molecule has 4 aromatic rings. The van der Waals surface area contributed by atoms with Gasteiger partial charge in [-0.05, 0) is 76.2 Å². The number of hydrogen-bond donors (Lipinski definition) is 1. The maximum absolute atomic E-state index is 12.5. The second kappa shape index (κ2) is 11.4. The highest BCUT2D eigenvalue weighted by Crippen LogP contribution is 2.35. The van der Waals surface area contributed by atoms with Crippen LogP contribution in [0.3, 0.4) is 0 Å². The van der Waals surface area contributed by atoms with Gasteiger partial charge in [-0.15, -0.1) is 0 Å². The smallest absolute Gasteiger partial charge is 0.271 e. The van der Waals surface area contributed by atoms with Crippen molar-refractivity contribution in [1.82, 2.24) is 5.43 Å². The van der Waals surface area contributed by atoms with E-state index in [4.69, 9.17) is 21.1 Å². The lowest BCUT2D eigenvalue weighted by molar-refractivity contribution is 0.0955. The van der Waals surface area contributed by atoms with E-state index in [0.717, 1.165) is 25.5 Å². The number of halogens is 2. The molecule has 0 saturated heterocycles. The van der Waals surface area contributed by atoms with Crippen LogP contribution in [0.1, 0.15) is 28.4 Å². The maximum atomic E-state index is 12.5. The molecule has 34 heavy (non-hydrogen) atoms. The number of amides is 1. The monoisotopic (exact) mass is 584 g/mol. The van der Waals surface area contributed by atoms with E-state index in [9.17, 15) is 4.79 Å². The van der Waals surface area contributed by atoms with E-state index in [2.05, 4.69) is 33.1 Å². The number of rotatable bonds is 8. The van der Waals surface area contributed by atoms with E-state index in [1.165, 1.54) is 0 Å². The Balaban J connectivity index is 1.47. The second-order valence-electron chi connectivity index (χ2n) is 7.40. The minimum absolute atomic E-state index is 0.276. The predicted octanol–water partition coefficient (Wildman–Crippen LogP) is 6.84. The number of carbonyl (C=O) groups excluding carboxylic acids is 1. The first-order valence-electron chi connectivity index (χ1n) is 10.7. The molecular weight excluding hydrogens is 563 g/mol. The van der Waals surface area contributed by atoms with Crippen LogP contribution in [0.4, 0.5) is 0 Å². The maximum Gasteiger partial charge on any atom is 0.271 e. The van der Waals surface area contributed by atoms with Gasteiger partial charge in [-0.3, -0.25) is 4.79 Å². The molecule has 7 heteroatoms. The van der Waals surface area contributed by atoms with Crippen molar-refractivity contribution in [2.75, 3.05) is 6.61 Å². The molecule has 0 bridgehead atoms. The predicted molar refractivity (Wildman–Crippen MR) is 145 cm³/mol. The molecule has 0 unspecified atom stereocenters. The Hall–Kier alpha value is -3.10. The lowest BCUT2D eigenvalue weighted by atomic mass is 10.1. The first-order chi connectivity index (χ1) is 16.5. The Morgan fingerprint density at radius 3 is 2.56 bits per heavy atom. The molecule has 172 valence electrons. The largest absolute Gasteiger partial charge is 0.490 e. The van der Waals surface area contributed by atoms with Crippen molar-refractivity contribution in [2.45, 2.75) is 13.5 Å². The molecule has 1 amide bonds. The Morgan fingerprint density at radius 2 is 1.76 bits per heavy atom. The van der Waals surface area contributed by atoms with Crippen LogP contribution in [0.25, 0.3) is 10.8 Å². The number of nitrogens with zero attached hydrogens (tertiary/aromatic N) is 1. The summed E-state index contributed by atoms with van der Waals surface area (Å²) in [4.78, 5) is 12.5. The molecule has 0 atom stereocenters. The Morgan fingerprint density at radius 1 is 1.00 bits per heavy atom. The summed E-state index contributed by atoms with van der Waals surface area (Å²) in [6.07, 6.45) is 1.58. The molecule has 0 fully saturated rings. The molecule has 4 rings (SSSR count). The Kier molecular flexibility index (Phi) is 8.03. The van der Waals surface area contributed by atoms with E-state index < -0.39 is 0 Å². The number of hydrazone groups is 1. The summed E-state index contributed by atoms with van der Waals surface area (Å²) in [5, 5.41) is 6.87. The Bertz CT molecular complexity index is 1360. The first kappa shape index (κ1) is 24.0. The van der Waals surface area contributed by atoms with Crippen molar-refractivity contribution < 1.29 is 14.3 Å². The zero-order valence-electron chi connectivity index (χ0n) is 18.4. The second-order valence-corrected chi connectivity index (χ2v) is 8.97. The molecule has 0 aliphatic heterocycles. The van der Waals surface area contributed by atoms with Gasteiger partial charge in [0.2, 0.25) is 0 Å². The summed E-state index contributed by atoms with van der Waals surface area (Å²) in [6.45, 7) is 2.72. The highest BCUT2D eigenvalue weighted by Gasteiger charge is 2.13. The van der Waals surface area contributed by atoms with E-state index in [0.29, 0.717) is 35.3 Å². The molecule has 0 spiro atoms. The van der Waals surface area contributed by atoms with Crippen LogP contribution in [0.5, 0.6) is 11.5 Å². The fourth-order valence-corrected chi connectivity index (χ4v) is 4.36. The lowest BCUT2D eigenvalue weighted by Crippen LogP contribution is -2.17. The van der Waals surface area contributed by atoms with Crippen LogP contribution in [0, 0.1) is 3.57 Å². The molecule has 0 radical (unpaired) electrons. The van der Waals surface area contributed by atoms with Crippen LogP contribution >= 0.6 is 34.2 Å². The van der Waals surface area contributed by atoms with Crippen molar-refractivity contribution in [3.8, 4) is 11.5 Å². The zero-order chi connectivity index (χ0) is 23.9. The van der Waals surface area contributed by atoms with Gasteiger partial charge in [0.1, 0.15) is 6.61 Å². The van der Waals surface area contributed by atoms with Gasteiger partial charge in [0.05, 0.1) is 16.4 Å². The summed E-state index contributed by atoms with van der Waals surface area (Å²) >= 11 is 8.45. The number of ether oxygens (including phenoxy) is 2. The van der Waals surface area contributed by atoms with Gasteiger partial charge < -0.3 is 9.47 Å². The van der Waals surface area contributed by atoms with Crippen molar-refractivity contribution in [2.24, 2.45) is 5.10 Å². The SMILES string of the molecule is CCOc1cc(/C=N\NC(=O)c2ccc3ccccc3c2)cc(I)c1OCc1ccccc1Cl. The number of carbonyl (C=O) groups is 1. The van der Waals surface area contributed by atoms with Crippen LogP contribution in [-0.2, 0) is 6.61 Å². The normalized spacial score (nSPS) is 11.0. The van der Waals surface area contributed by atoms with Crippen molar-refractivity contribution in [3.63, 3.8) is 0 Å². The van der Waals surface area contributed by atoms with Crippen molar-refractivity contribution >= 4 is 57.1 Å². The average Bonchev–Trinajstić information content (AvgIpc) is 2.84. The molecule has 0 aliphatic carbocycles. The van der Waals surface area contributed by atoms with Gasteiger partial charge in [-0.2, -0.15) is 5.10 Å². The van der Waals surface area contributed by atoms with Crippen molar-refractivity contribution in [3.05, 3.63) is 104 Å². The van der Waals surface area contributed by atoms with Gasteiger partial charge in [0.15, 0.2) is 11.5 Å². The van der Waals surface area contributed by atoms with Crippen LogP contribution in [-0.4, -0.2) is 18.7 Å². The van der Waals surface area contributed by atoms with Crippen LogP contribution < -0.4 is 14.9 Å². The van der Waals surface area contributed by atoms with Gasteiger partial charge in [0.25, 0.3) is 5.91 Å². The molecule has 0 aliphatic rings. The highest BCUT2D eigenvalue weighted by atomic mass is 127. The van der Waals surface area contributed by atoms with Gasteiger partial charge in [0, 0.05) is 16.1 Å². The van der Waals surface area contributed by atoms with E-state index in [1.807, 2.05) is 79.7 Å². The molecule has 1 N–H and O–H groups in total. The van der Waals surface area contributed by atoms with E-state index in [-0.39, 0.29) is 5.91 Å². The first-order valence-corrected chi connectivity index (χ1v) is 12.2. The average molecular weight is 585 g/mol. The number of nitrogens with one attached hydrogen (secondary N) is 1. The molecule has 0 aromatic heterocycles. The quantitative estimate of drug-likeness (QED) is 0.140. The van der Waals surface area contributed by atoms with Crippen LogP contribution in [0.15, 0.2) is 84.0 Å². The summed E-state index contributed by atoms with van der Waals surface area (Å²) in [7, 11) is 0. The van der Waals surface area contributed by atoms with Gasteiger partial charge >= 0.3 is 0 Å². The minimum atomic E-state index is -0.276. The fourth-order valence-electron chi connectivity index (χ4n) is 3.39. The van der Waals surface area contributed by atoms with Crippen LogP contribution in [0.2, 0.25) is 5.02 Å². The third-order valence-corrected chi connectivity index (χ3v) is 6.22. The van der Waals surface area contributed by atoms with Gasteiger partial charge in [-0.25, -0.2) is 5.43 Å². The highest BCUT2D eigenvalue weighted by molar-refractivity contribution is 14.1.